The number of ether oxygens (including phenoxy) is 1. The van der Waals surface area contributed by atoms with Gasteiger partial charge in [0.15, 0.2) is 0 Å². The molecule has 3 N–H and O–H groups in total. The van der Waals surface area contributed by atoms with E-state index in [1.165, 1.54) is 12.8 Å². The average molecular weight is 213 g/mol. The minimum Gasteiger partial charge on any atom is -0.390 e. The Morgan fingerprint density at radius 2 is 1.80 bits per heavy atom. The van der Waals surface area contributed by atoms with Gasteiger partial charge in [0.2, 0.25) is 0 Å². The van der Waals surface area contributed by atoms with E-state index in [1.807, 2.05) is 0 Å². The van der Waals surface area contributed by atoms with E-state index < -0.39 is 0 Å². The van der Waals surface area contributed by atoms with Gasteiger partial charge < -0.3 is 15.6 Å². The van der Waals surface area contributed by atoms with Crippen LogP contribution in [-0.2, 0) is 4.74 Å². The quantitative estimate of drug-likeness (QED) is 0.732. The van der Waals surface area contributed by atoms with Crippen molar-refractivity contribution in [2.45, 2.75) is 75.7 Å². The highest BCUT2D eigenvalue weighted by atomic mass is 16.5. The summed E-state index contributed by atoms with van der Waals surface area (Å²) in [6.07, 6.45) is 8.81. The van der Waals surface area contributed by atoms with E-state index in [2.05, 4.69) is 0 Å². The van der Waals surface area contributed by atoms with Crippen LogP contribution in [0.1, 0.15) is 51.4 Å². The number of rotatable bonds is 2. The topological polar surface area (TPSA) is 55.5 Å². The summed E-state index contributed by atoms with van der Waals surface area (Å²) in [4.78, 5) is 0. The van der Waals surface area contributed by atoms with E-state index in [0.717, 1.165) is 38.5 Å². The Morgan fingerprint density at radius 1 is 1.00 bits per heavy atom. The van der Waals surface area contributed by atoms with Crippen molar-refractivity contribution in [1.82, 2.24) is 0 Å². The fourth-order valence-electron chi connectivity index (χ4n) is 2.79. The summed E-state index contributed by atoms with van der Waals surface area (Å²) in [5.74, 6) is 0. The fraction of sp³-hybridized carbons (Fsp3) is 1.00. The van der Waals surface area contributed by atoms with Gasteiger partial charge in [-0.05, 0) is 38.5 Å². The molecule has 15 heavy (non-hydrogen) atoms. The Morgan fingerprint density at radius 3 is 2.53 bits per heavy atom. The lowest BCUT2D eigenvalue weighted by atomic mass is 9.91. The molecule has 0 radical (unpaired) electrons. The molecule has 0 heterocycles. The van der Waals surface area contributed by atoms with E-state index in [9.17, 15) is 5.11 Å². The Labute approximate surface area is 92.0 Å². The minimum absolute atomic E-state index is 0.0778. The van der Waals surface area contributed by atoms with Crippen LogP contribution in [0.5, 0.6) is 0 Å². The van der Waals surface area contributed by atoms with Crippen molar-refractivity contribution < 1.29 is 9.84 Å². The third-order valence-corrected chi connectivity index (χ3v) is 3.70. The molecule has 4 unspecified atom stereocenters. The predicted molar refractivity (Wildman–Crippen MR) is 59.6 cm³/mol. The molecule has 3 heteroatoms. The monoisotopic (exact) mass is 213 g/mol. The molecule has 2 rings (SSSR count). The Kier molecular flexibility index (Phi) is 4.00. The summed E-state index contributed by atoms with van der Waals surface area (Å²) < 4.78 is 5.98. The first kappa shape index (κ1) is 11.4. The van der Waals surface area contributed by atoms with Gasteiger partial charge in [-0.2, -0.15) is 0 Å². The fourth-order valence-corrected chi connectivity index (χ4v) is 2.79. The highest BCUT2D eigenvalue weighted by Crippen LogP contribution is 2.27. The van der Waals surface area contributed by atoms with Crippen molar-refractivity contribution in [3.05, 3.63) is 0 Å². The predicted octanol–water partition coefficient (Wildman–Crippen LogP) is 1.58. The second-order valence-electron chi connectivity index (χ2n) is 5.08. The molecular weight excluding hydrogens is 190 g/mol. The second-order valence-corrected chi connectivity index (χ2v) is 5.08. The minimum atomic E-state index is -0.239. The summed E-state index contributed by atoms with van der Waals surface area (Å²) in [6.45, 7) is 0. The highest BCUT2D eigenvalue weighted by molar-refractivity contribution is 4.80. The Bertz CT molecular complexity index is 198. The van der Waals surface area contributed by atoms with Crippen molar-refractivity contribution in [1.29, 1.82) is 0 Å². The first-order valence-electron chi connectivity index (χ1n) is 6.35. The highest BCUT2D eigenvalue weighted by Gasteiger charge is 2.28. The lowest BCUT2D eigenvalue weighted by molar-refractivity contribution is -0.104. The van der Waals surface area contributed by atoms with Crippen LogP contribution in [0.25, 0.3) is 0 Å². The van der Waals surface area contributed by atoms with Gasteiger partial charge in [-0.15, -0.1) is 0 Å². The largest absolute Gasteiger partial charge is 0.390 e. The van der Waals surface area contributed by atoms with E-state index in [0.29, 0.717) is 12.1 Å². The Balaban J connectivity index is 1.79. The molecule has 2 aliphatic carbocycles. The van der Waals surface area contributed by atoms with Crippen LogP contribution >= 0.6 is 0 Å². The van der Waals surface area contributed by atoms with Crippen molar-refractivity contribution in [3.63, 3.8) is 0 Å². The maximum Gasteiger partial charge on any atom is 0.0837 e. The third-order valence-electron chi connectivity index (χ3n) is 3.70. The van der Waals surface area contributed by atoms with Crippen LogP contribution in [0, 0.1) is 0 Å². The van der Waals surface area contributed by atoms with Crippen LogP contribution in [0.4, 0.5) is 0 Å². The van der Waals surface area contributed by atoms with E-state index >= 15 is 0 Å². The maximum absolute atomic E-state index is 9.81. The summed E-state index contributed by atoms with van der Waals surface area (Å²) in [5.41, 5.74) is 5.92. The van der Waals surface area contributed by atoms with Crippen LogP contribution in [0.15, 0.2) is 0 Å². The zero-order valence-corrected chi connectivity index (χ0v) is 9.40. The third kappa shape index (κ3) is 3.16. The van der Waals surface area contributed by atoms with Gasteiger partial charge in [0, 0.05) is 6.04 Å². The van der Waals surface area contributed by atoms with Crippen LogP contribution in [-0.4, -0.2) is 29.5 Å². The van der Waals surface area contributed by atoms with Gasteiger partial charge in [-0.1, -0.05) is 12.8 Å². The zero-order chi connectivity index (χ0) is 10.7. The van der Waals surface area contributed by atoms with Gasteiger partial charge in [0.05, 0.1) is 18.3 Å². The number of hydrogen-bond donors (Lipinski definition) is 2. The molecular formula is C12H23NO2. The molecule has 4 atom stereocenters. The summed E-state index contributed by atoms with van der Waals surface area (Å²) >= 11 is 0. The Hall–Kier alpha value is -0.120. The molecule has 2 fully saturated rings. The summed E-state index contributed by atoms with van der Waals surface area (Å²) in [7, 11) is 0. The molecule has 0 saturated heterocycles. The van der Waals surface area contributed by atoms with E-state index in [4.69, 9.17) is 10.5 Å². The molecule has 2 saturated carbocycles. The van der Waals surface area contributed by atoms with Gasteiger partial charge in [-0.25, -0.2) is 0 Å². The lowest BCUT2D eigenvalue weighted by Crippen LogP contribution is -2.39. The van der Waals surface area contributed by atoms with Crippen molar-refractivity contribution in [2.24, 2.45) is 5.73 Å². The standard InChI is InChI=1S/C12H23NO2/c13-9-4-3-5-10(8-9)15-12-7-2-1-6-11(12)14/h9-12,14H,1-8,13H2. The molecule has 3 nitrogen and oxygen atoms in total. The first-order chi connectivity index (χ1) is 7.25. The van der Waals surface area contributed by atoms with Gasteiger partial charge in [0.1, 0.15) is 0 Å². The van der Waals surface area contributed by atoms with E-state index in [1.54, 1.807) is 0 Å². The molecule has 0 amide bonds. The van der Waals surface area contributed by atoms with Crippen molar-refractivity contribution in [2.75, 3.05) is 0 Å². The molecule has 0 aliphatic heterocycles. The maximum atomic E-state index is 9.81. The normalized spacial score (nSPS) is 42.8. The summed E-state index contributed by atoms with van der Waals surface area (Å²) in [5, 5.41) is 9.81. The number of aliphatic hydroxyl groups excluding tert-OH is 1. The van der Waals surface area contributed by atoms with Crippen LogP contribution < -0.4 is 5.73 Å². The zero-order valence-electron chi connectivity index (χ0n) is 9.40. The smallest absolute Gasteiger partial charge is 0.0837 e. The van der Waals surface area contributed by atoms with Crippen LogP contribution in [0.3, 0.4) is 0 Å². The van der Waals surface area contributed by atoms with Crippen LogP contribution in [0.2, 0.25) is 0 Å². The molecule has 0 aromatic heterocycles. The van der Waals surface area contributed by atoms with Gasteiger partial charge in [-0.3, -0.25) is 0 Å². The second kappa shape index (κ2) is 5.28. The molecule has 88 valence electrons. The van der Waals surface area contributed by atoms with Gasteiger partial charge >= 0.3 is 0 Å². The summed E-state index contributed by atoms with van der Waals surface area (Å²) in [6, 6.07) is 0.310. The number of nitrogens with two attached hydrogens (primary N) is 1. The SMILES string of the molecule is NC1CCCC(OC2CCCCC2O)C1. The average Bonchev–Trinajstić information content (AvgIpc) is 2.22. The van der Waals surface area contributed by atoms with Crippen molar-refractivity contribution >= 4 is 0 Å². The van der Waals surface area contributed by atoms with Crippen molar-refractivity contribution in [3.8, 4) is 0 Å². The van der Waals surface area contributed by atoms with Gasteiger partial charge in [0.25, 0.3) is 0 Å². The number of hydrogen-bond acceptors (Lipinski definition) is 3. The first-order valence-corrected chi connectivity index (χ1v) is 6.35. The number of aliphatic hydroxyl groups is 1. The molecule has 0 bridgehead atoms. The molecule has 0 spiro atoms. The molecule has 0 aromatic rings. The molecule has 0 aromatic carbocycles. The molecule has 2 aliphatic rings. The lowest BCUT2D eigenvalue weighted by Gasteiger charge is -2.34. The van der Waals surface area contributed by atoms with E-state index in [-0.39, 0.29) is 12.2 Å².